The smallest absolute Gasteiger partial charge is 0.412 e. The number of hydrogen-bond donors (Lipinski definition) is 1. The Balaban J connectivity index is 2.21. The fourth-order valence-electron chi connectivity index (χ4n) is 1.72. The molecule has 0 amide bonds. The van der Waals surface area contributed by atoms with Gasteiger partial charge in [-0.15, -0.1) is 0 Å². The van der Waals surface area contributed by atoms with Crippen LogP contribution in [0.3, 0.4) is 0 Å². The lowest BCUT2D eigenvalue weighted by Gasteiger charge is -2.20. The monoisotopic (exact) mass is 302 g/mol. The number of nitro groups is 1. The summed E-state index contributed by atoms with van der Waals surface area (Å²) in [4.78, 5) is 17.0. The van der Waals surface area contributed by atoms with Gasteiger partial charge in [0.1, 0.15) is 12.4 Å². The number of halogens is 3. The molecule has 1 heterocycles. The van der Waals surface area contributed by atoms with Gasteiger partial charge in [0, 0.05) is 12.0 Å². The minimum absolute atomic E-state index is 0.420. The first kappa shape index (κ1) is 14.8. The van der Waals surface area contributed by atoms with Gasteiger partial charge in [0.25, 0.3) is 5.88 Å². The van der Waals surface area contributed by atoms with E-state index in [1.54, 1.807) is 0 Å². The fraction of sp³-hybridized carbons (Fsp3) is 0.273. The highest BCUT2D eigenvalue weighted by Gasteiger charge is 2.36. The summed E-state index contributed by atoms with van der Waals surface area (Å²) in [5.74, 6) is -0.887. The third-order valence-corrected chi connectivity index (χ3v) is 2.67. The standard InChI is InChI=1S/C11H9F3N4O3/c12-11(13,14)6-2-1-3-7(4-6)21-10-8(18(19)20)9(15)16-5-17-10/h1-3,5,7H,4H2,(H2,15,16,17)/t7-/m0/s1. The van der Waals surface area contributed by atoms with Crippen LogP contribution in [0.4, 0.5) is 24.7 Å². The summed E-state index contributed by atoms with van der Waals surface area (Å²) in [6.07, 6.45) is -1.61. The number of alkyl halides is 3. The topological polar surface area (TPSA) is 104 Å². The number of ether oxygens (including phenoxy) is 1. The maximum absolute atomic E-state index is 12.6. The molecule has 0 fully saturated rings. The molecule has 1 atom stereocenters. The van der Waals surface area contributed by atoms with Gasteiger partial charge in [-0.2, -0.15) is 18.2 Å². The molecule has 1 aliphatic carbocycles. The maximum Gasteiger partial charge on any atom is 0.412 e. The van der Waals surface area contributed by atoms with Crippen LogP contribution >= 0.6 is 0 Å². The Morgan fingerprint density at radius 3 is 2.76 bits per heavy atom. The van der Waals surface area contributed by atoms with Crippen molar-refractivity contribution in [2.75, 3.05) is 5.73 Å². The molecule has 1 aliphatic rings. The zero-order valence-electron chi connectivity index (χ0n) is 10.4. The largest absolute Gasteiger partial charge is 0.465 e. The van der Waals surface area contributed by atoms with Crippen LogP contribution in [-0.4, -0.2) is 27.2 Å². The SMILES string of the molecule is Nc1ncnc(O[C@H]2C=CC=C(C(F)(F)F)C2)c1[N+](=O)[O-]. The Kier molecular flexibility index (Phi) is 3.78. The molecule has 2 rings (SSSR count). The van der Waals surface area contributed by atoms with Crippen molar-refractivity contribution in [1.29, 1.82) is 0 Å². The molecule has 2 N–H and O–H groups in total. The third-order valence-electron chi connectivity index (χ3n) is 2.67. The number of anilines is 1. The summed E-state index contributed by atoms with van der Waals surface area (Å²) in [5.41, 5.74) is 3.88. The van der Waals surface area contributed by atoms with Crippen molar-refractivity contribution in [3.63, 3.8) is 0 Å². The van der Waals surface area contributed by atoms with Crippen molar-refractivity contribution in [3.05, 3.63) is 40.2 Å². The Hall–Kier alpha value is -2.65. The fourth-order valence-corrected chi connectivity index (χ4v) is 1.72. The van der Waals surface area contributed by atoms with Crippen molar-refractivity contribution < 1.29 is 22.8 Å². The van der Waals surface area contributed by atoms with E-state index in [9.17, 15) is 23.3 Å². The zero-order chi connectivity index (χ0) is 15.6. The Morgan fingerprint density at radius 2 is 2.14 bits per heavy atom. The van der Waals surface area contributed by atoms with Crippen LogP contribution in [0.1, 0.15) is 6.42 Å². The lowest BCUT2D eigenvalue weighted by Crippen LogP contribution is -2.24. The number of nitrogens with two attached hydrogens (primary N) is 1. The van der Waals surface area contributed by atoms with Crippen LogP contribution in [0.2, 0.25) is 0 Å². The maximum atomic E-state index is 12.6. The van der Waals surface area contributed by atoms with E-state index in [4.69, 9.17) is 10.5 Å². The van der Waals surface area contributed by atoms with Gasteiger partial charge in [-0.3, -0.25) is 10.1 Å². The molecule has 7 nitrogen and oxygen atoms in total. The van der Waals surface area contributed by atoms with Gasteiger partial charge in [0.15, 0.2) is 0 Å². The molecule has 0 spiro atoms. The molecule has 0 radical (unpaired) electrons. The molecular weight excluding hydrogens is 293 g/mol. The van der Waals surface area contributed by atoms with Crippen molar-refractivity contribution in [2.45, 2.75) is 18.7 Å². The molecule has 0 bridgehead atoms. The molecule has 1 aromatic heterocycles. The van der Waals surface area contributed by atoms with Crippen molar-refractivity contribution in [3.8, 4) is 5.88 Å². The highest BCUT2D eigenvalue weighted by atomic mass is 19.4. The average molecular weight is 302 g/mol. The lowest BCUT2D eigenvalue weighted by atomic mass is 10.0. The van der Waals surface area contributed by atoms with Crippen molar-refractivity contribution in [1.82, 2.24) is 9.97 Å². The number of nitrogens with zero attached hydrogens (tertiary/aromatic N) is 3. The van der Waals surface area contributed by atoms with Gasteiger partial charge in [-0.25, -0.2) is 4.98 Å². The minimum atomic E-state index is -4.48. The van der Waals surface area contributed by atoms with Crippen LogP contribution < -0.4 is 10.5 Å². The van der Waals surface area contributed by atoms with E-state index < -0.39 is 46.6 Å². The molecule has 10 heteroatoms. The molecule has 0 saturated carbocycles. The van der Waals surface area contributed by atoms with Crippen LogP contribution in [0.15, 0.2) is 30.1 Å². The molecule has 1 aromatic rings. The first-order valence-corrected chi connectivity index (χ1v) is 5.65. The first-order valence-electron chi connectivity index (χ1n) is 5.65. The zero-order valence-corrected chi connectivity index (χ0v) is 10.4. The van der Waals surface area contributed by atoms with E-state index in [2.05, 4.69) is 9.97 Å². The van der Waals surface area contributed by atoms with E-state index in [-0.39, 0.29) is 0 Å². The summed E-state index contributed by atoms with van der Waals surface area (Å²) < 4.78 is 43.0. The second-order valence-electron chi connectivity index (χ2n) is 4.10. The van der Waals surface area contributed by atoms with E-state index in [1.165, 1.54) is 12.2 Å². The molecule has 21 heavy (non-hydrogen) atoms. The molecule has 0 unspecified atom stereocenters. The van der Waals surface area contributed by atoms with Gasteiger partial charge in [-0.1, -0.05) is 12.2 Å². The Labute approximate surface area is 116 Å². The summed E-state index contributed by atoms with van der Waals surface area (Å²) >= 11 is 0. The highest BCUT2D eigenvalue weighted by Crippen LogP contribution is 2.34. The van der Waals surface area contributed by atoms with Crippen molar-refractivity contribution >= 4 is 11.5 Å². The van der Waals surface area contributed by atoms with Crippen LogP contribution in [-0.2, 0) is 0 Å². The van der Waals surface area contributed by atoms with Crippen LogP contribution in [0.25, 0.3) is 0 Å². The van der Waals surface area contributed by atoms with Gasteiger partial charge in [0.2, 0.25) is 5.82 Å². The van der Waals surface area contributed by atoms with Gasteiger partial charge >= 0.3 is 11.9 Å². The number of allylic oxidation sites excluding steroid dienone is 2. The summed E-state index contributed by atoms with van der Waals surface area (Å²) in [7, 11) is 0. The normalized spacial score (nSPS) is 18.2. The van der Waals surface area contributed by atoms with E-state index in [0.717, 1.165) is 12.4 Å². The molecule has 112 valence electrons. The quantitative estimate of drug-likeness (QED) is 0.677. The van der Waals surface area contributed by atoms with Gasteiger partial charge < -0.3 is 10.5 Å². The number of hydrogen-bond acceptors (Lipinski definition) is 6. The summed E-state index contributed by atoms with van der Waals surface area (Å²) in [5, 5.41) is 10.9. The number of aromatic nitrogens is 2. The predicted molar refractivity (Wildman–Crippen MR) is 65.4 cm³/mol. The van der Waals surface area contributed by atoms with E-state index in [0.29, 0.717) is 0 Å². The second-order valence-corrected chi connectivity index (χ2v) is 4.10. The van der Waals surface area contributed by atoms with Gasteiger partial charge in [-0.05, 0) is 6.08 Å². The minimum Gasteiger partial charge on any atom is -0.465 e. The molecule has 0 aromatic carbocycles. The second kappa shape index (κ2) is 5.38. The number of rotatable bonds is 3. The summed E-state index contributed by atoms with van der Waals surface area (Å²) in [6.45, 7) is 0. The summed E-state index contributed by atoms with van der Waals surface area (Å²) in [6, 6.07) is 0. The van der Waals surface area contributed by atoms with Gasteiger partial charge in [0.05, 0.1) is 4.92 Å². The first-order chi connectivity index (χ1) is 9.79. The number of nitrogen functional groups attached to an aromatic ring is 1. The highest BCUT2D eigenvalue weighted by molar-refractivity contribution is 5.58. The Morgan fingerprint density at radius 1 is 1.43 bits per heavy atom. The van der Waals surface area contributed by atoms with E-state index >= 15 is 0 Å². The molecular formula is C11H9F3N4O3. The molecule has 0 aliphatic heterocycles. The average Bonchev–Trinajstić information content (AvgIpc) is 2.37. The van der Waals surface area contributed by atoms with Crippen molar-refractivity contribution in [2.24, 2.45) is 0 Å². The molecule has 0 saturated heterocycles. The van der Waals surface area contributed by atoms with E-state index in [1.807, 2.05) is 0 Å². The third kappa shape index (κ3) is 3.27. The Bertz CT molecular complexity index is 628. The van der Waals surface area contributed by atoms with Crippen LogP contribution in [0.5, 0.6) is 5.88 Å². The predicted octanol–water partition coefficient (Wildman–Crippen LogP) is 2.16. The van der Waals surface area contributed by atoms with Crippen LogP contribution in [0, 0.1) is 10.1 Å². The lowest BCUT2D eigenvalue weighted by molar-refractivity contribution is -0.385.